The van der Waals surface area contributed by atoms with E-state index in [1.54, 1.807) is 12.1 Å². The summed E-state index contributed by atoms with van der Waals surface area (Å²) in [6, 6.07) is 7.22. The fraction of sp³-hybridized carbons (Fsp3) is 0.545. The van der Waals surface area contributed by atoms with Crippen LogP contribution in [-0.2, 0) is 9.59 Å². The molecule has 3 rings (SSSR count). The second-order valence-electron chi connectivity index (χ2n) is 7.70. The molecule has 29 heavy (non-hydrogen) atoms. The fourth-order valence-corrected chi connectivity index (χ4v) is 4.02. The van der Waals surface area contributed by atoms with Gasteiger partial charge in [0.25, 0.3) is 6.29 Å². The summed E-state index contributed by atoms with van der Waals surface area (Å²) >= 11 is 0. The highest BCUT2D eigenvalue weighted by molar-refractivity contribution is 5.84. The molecule has 1 aliphatic heterocycles. The maximum Gasteiger partial charge on any atom is 0.303 e. The zero-order valence-corrected chi connectivity index (χ0v) is 16.3. The minimum absolute atomic E-state index is 0.0351. The molecule has 1 fully saturated rings. The molecule has 2 aliphatic rings. The van der Waals surface area contributed by atoms with E-state index in [-0.39, 0.29) is 30.5 Å². The first kappa shape index (κ1) is 21.3. The summed E-state index contributed by atoms with van der Waals surface area (Å²) in [7, 11) is 0. The Bertz CT molecular complexity index is 719. The van der Waals surface area contributed by atoms with Crippen LogP contribution in [0.4, 0.5) is 0 Å². The van der Waals surface area contributed by atoms with Crippen molar-refractivity contribution in [3.05, 3.63) is 36.4 Å². The third kappa shape index (κ3) is 5.58. The van der Waals surface area contributed by atoms with E-state index in [1.807, 2.05) is 24.3 Å². The highest BCUT2D eigenvalue weighted by Gasteiger charge is 2.41. The maximum atomic E-state index is 12.3. The number of carbonyl (C=O) groups is 2. The fourth-order valence-electron chi connectivity index (χ4n) is 4.02. The van der Waals surface area contributed by atoms with Gasteiger partial charge in [-0.1, -0.05) is 24.3 Å². The molecular formula is C22H28O7. The second kappa shape index (κ2) is 9.89. The Hall–Kier alpha value is -2.38. The molecule has 0 bridgehead atoms. The quantitative estimate of drug-likeness (QED) is 0.406. The zero-order valence-electron chi connectivity index (χ0n) is 16.3. The number of carbonyl (C=O) groups excluding carboxylic acids is 1. The second-order valence-corrected chi connectivity index (χ2v) is 7.70. The Balaban J connectivity index is 1.47. The minimum atomic E-state index is -0.863. The van der Waals surface area contributed by atoms with Gasteiger partial charge in [0.05, 0.1) is 6.10 Å². The van der Waals surface area contributed by atoms with Crippen LogP contribution in [0.2, 0.25) is 0 Å². The van der Waals surface area contributed by atoms with Crippen molar-refractivity contribution in [2.24, 2.45) is 11.8 Å². The number of hydrogen-bond acceptors (Lipinski definition) is 6. The molecule has 7 nitrogen and oxygen atoms in total. The summed E-state index contributed by atoms with van der Waals surface area (Å²) < 4.78 is 11.2. The molecule has 1 aromatic carbocycles. The molecule has 158 valence electrons. The number of aliphatic hydroxyl groups excluding tert-OH is 2. The summed E-state index contributed by atoms with van der Waals surface area (Å²) in [5.74, 6) is -0.0883. The number of rotatable bonds is 10. The third-order valence-electron chi connectivity index (χ3n) is 5.60. The van der Waals surface area contributed by atoms with E-state index in [1.165, 1.54) is 0 Å². The van der Waals surface area contributed by atoms with Crippen molar-refractivity contribution in [3.63, 3.8) is 0 Å². The van der Waals surface area contributed by atoms with Gasteiger partial charge in [0.15, 0.2) is 11.5 Å². The van der Waals surface area contributed by atoms with Crippen molar-refractivity contribution >= 4 is 11.8 Å². The smallest absolute Gasteiger partial charge is 0.303 e. The summed E-state index contributed by atoms with van der Waals surface area (Å²) in [6.45, 7) is 0. The average Bonchev–Trinajstić information content (AvgIpc) is 3.23. The number of aliphatic hydroxyl groups is 2. The largest absolute Gasteiger partial charge is 0.481 e. The number of ketones is 1. The van der Waals surface area contributed by atoms with Crippen LogP contribution in [-0.4, -0.2) is 45.6 Å². The number of carboxylic acids is 1. The van der Waals surface area contributed by atoms with E-state index < -0.39 is 24.5 Å². The van der Waals surface area contributed by atoms with Crippen LogP contribution in [0.5, 0.6) is 11.5 Å². The molecule has 3 N–H and O–H groups in total. The van der Waals surface area contributed by atoms with Gasteiger partial charge in [-0.05, 0) is 50.2 Å². The lowest BCUT2D eigenvalue weighted by Crippen LogP contribution is -2.34. The van der Waals surface area contributed by atoms with Crippen molar-refractivity contribution in [2.75, 3.05) is 0 Å². The van der Waals surface area contributed by atoms with E-state index in [0.29, 0.717) is 43.6 Å². The van der Waals surface area contributed by atoms with Gasteiger partial charge >= 0.3 is 5.97 Å². The molecule has 1 saturated carbocycles. The van der Waals surface area contributed by atoms with Crippen molar-refractivity contribution in [3.8, 4) is 11.5 Å². The van der Waals surface area contributed by atoms with Crippen LogP contribution in [0.3, 0.4) is 0 Å². The first-order valence-corrected chi connectivity index (χ1v) is 10.1. The molecule has 7 heteroatoms. The lowest BCUT2D eigenvalue weighted by atomic mass is 9.86. The number of para-hydroxylation sites is 2. The molecule has 0 saturated heterocycles. The first-order chi connectivity index (χ1) is 14.0. The van der Waals surface area contributed by atoms with Crippen LogP contribution < -0.4 is 9.47 Å². The minimum Gasteiger partial charge on any atom is -0.481 e. The molecule has 0 spiro atoms. The van der Waals surface area contributed by atoms with Crippen LogP contribution in [0.25, 0.3) is 0 Å². The van der Waals surface area contributed by atoms with Crippen LogP contribution in [0.1, 0.15) is 44.9 Å². The number of Topliss-reactive ketones (excluding diaryl/α,β-unsaturated/α-hetero) is 1. The summed E-state index contributed by atoms with van der Waals surface area (Å²) in [5.41, 5.74) is 0. The number of fused-ring (bicyclic) bond motifs is 1. The normalized spacial score (nSPS) is 25.0. The molecule has 1 aromatic rings. The molecule has 1 aliphatic carbocycles. The maximum absolute atomic E-state index is 12.3. The molecule has 0 aromatic heterocycles. The van der Waals surface area contributed by atoms with Crippen molar-refractivity contribution < 1.29 is 34.4 Å². The van der Waals surface area contributed by atoms with E-state index in [0.717, 1.165) is 0 Å². The third-order valence-corrected chi connectivity index (χ3v) is 5.60. The van der Waals surface area contributed by atoms with Gasteiger partial charge in [-0.25, -0.2) is 0 Å². The average molecular weight is 404 g/mol. The van der Waals surface area contributed by atoms with Gasteiger partial charge < -0.3 is 24.8 Å². The van der Waals surface area contributed by atoms with E-state index in [9.17, 15) is 19.8 Å². The Labute approximate surface area is 170 Å². The van der Waals surface area contributed by atoms with E-state index in [4.69, 9.17) is 14.6 Å². The van der Waals surface area contributed by atoms with Gasteiger partial charge in [0.2, 0.25) is 0 Å². The number of benzene rings is 1. The highest BCUT2D eigenvalue weighted by Crippen LogP contribution is 2.38. The monoisotopic (exact) mass is 404 g/mol. The van der Waals surface area contributed by atoms with E-state index >= 15 is 0 Å². The molecule has 4 atom stereocenters. The number of carboxylic acid groups (broad SMARTS) is 1. The zero-order chi connectivity index (χ0) is 20.8. The molecule has 0 unspecified atom stereocenters. The van der Waals surface area contributed by atoms with Gasteiger partial charge in [-0.2, -0.15) is 0 Å². The number of allylic oxidation sites excluding steroid dienone is 2. The predicted octanol–water partition coefficient (Wildman–Crippen LogP) is 2.69. The van der Waals surface area contributed by atoms with Crippen LogP contribution in [0.15, 0.2) is 36.4 Å². The SMILES string of the molecule is O=C(O)CCC/C=C\C[C@H]1C(=O)C[C@@H](O)[C@@H]1CC[C@@H](O)C1Oc2ccccc2O1. The van der Waals surface area contributed by atoms with Crippen molar-refractivity contribution in [2.45, 2.75) is 63.4 Å². The Morgan fingerprint density at radius 3 is 2.55 bits per heavy atom. The summed E-state index contributed by atoms with van der Waals surface area (Å²) in [5, 5.41) is 29.4. The van der Waals surface area contributed by atoms with Crippen LogP contribution in [0, 0.1) is 11.8 Å². The lowest BCUT2D eigenvalue weighted by molar-refractivity contribution is -0.137. The Morgan fingerprint density at radius 1 is 1.21 bits per heavy atom. The van der Waals surface area contributed by atoms with Gasteiger partial charge in [-0.15, -0.1) is 0 Å². The molecular weight excluding hydrogens is 376 g/mol. The molecule has 0 amide bonds. The summed E-state index contributed by atoms with van der Waals surface area (Å²) in [6.07, 6.45) is 4.28. The number of hydrogen-bond donors (Lipinski definition) is 3. The number of unbranched alkanes of at least 4 members (excludes halogenated alkanes) is 1. The van der Waals surface area contributed by atoms with Gasteiger partial charge in [-0.3, -0.25) is 9.59 Å². The standard InChI is InChI=1S/C22H28O7/c23-16(22-28-19-8-5-6-9-20(19)29-22)12-11-15-14(17(24)13-18(15)25)7-3-1-2-4-10-21(26)27/h1,3,5-6,8-9,14-16,18,22-23,25H,2,4,7,10-13H2,(H,26,27)/b3-1-/t14-,15-,16-,18-/m1/s1. The predicted molar refractivity (Wildman–Crippen MR) is 105 cm³/mol. The Kier molecular flexibility index (Phi) is 7.28. The van der Waals surface area contributed by atoms with Gasteiger partial charge in [0, 0.05) is 18.8 Å². The van der Waals surface area contributed by atoms with Gasteiger partial charge in [0.1, 0.15) is 11.9 Å². The molecule has 1 heterocycles. The number of ether oxygens (including phenoxy) is 2. The molecule has 0 radical (unpaired) electrons. The van der Waals surface area contributed by atoms with Crippen molar-refractivity contribution in [1.82, 2.24) is 0 Å². The highest BCUT2D eigenvalue weighted by atomic mass is 16.7. The van der Waals surface area contributed by atoms with Crippen molar-refractivity contribution in [1.29, 1.82) is 0 Å². The number of aliphatic carboxylic acids is 1. The topological polar surface area (TPSA) is 113 Å². The first-order valence-electron chi connectivity index (χ1n) is 10.1. The Morgan fingerprint density at radius 2 is 1.90 bits per heavy atom. The lowest BCUT2D eigenvalue weighted by Gasteiger charge is -2.23. The van der Waals surface area contributed by atoms with Crippen LogP contribution >= 0.6 is 0 Å². The summed E-state index contributed by atoms with van der Waals surface area (Å²) in [4.78, 5) is 22.8. The van der Waals surface area contributed by atoms with E-state index in [2.05, 4.69) is 0 Å².